The Morgan fingerprint density at radius 1 is 1.00 bits per heavy atom. The number of piperidine rings is 1. The van der Waals surface area contributed by atoms with Crippen molar-refractivity contribution in [3.8, 4) is 11.5 Å². The molecule has 2 aliphatic rings. The third-order valence-electron chi connectivity index (χ3n) is 5.39. The number of rotatable bonds is 2. The molecule has 1 fully saturated rings. The number of fused-ring (bicyclic) bond motifs is 2. The second-order valence-electron chi connectivity index (χ2n) is 6.95. The Morgan fingerprint density at radius 3 is 2.65 bits per heavy atom. The fourth-order valence-corrected chi connectivity index (χ4v) is 3.92. The van der Waals surface area contributed by atoms with E-state index in [4.69, 9.17) is 9.47 Å². The number of benzene rings is 2. The lowest BCUT2D eigenvalue weighted by molar-refractivity contribution is 0.0712. The van der Waals surface area contributed by atoms with Crippen molar-refractivity contribution in [3.63, 3.8) is 0 Å². The fourth-order valence-electron chi connectivity index (χ4n) is 3.92. The molecule has 0 unspecified atom stereocenters. The Bertz CT molecular complexity index is 937. The van der Waals surface area contributed by atoms with Crippen molar-refractivity contribution in [2.45, 2.75) is 18.8 Å². The summed E-state index contributed by atoms with van der Waals surface area (Å²) in [4.78, 5) is 18.3. The zero-order chi connectivity index (χ0) is 17.5. The molecular weight excluding hydrogens is 328 g/mol. The van der Waals surface area contributed by atoms with E-state index in [1.165, 1.54) is 16.6 Å². The Morgan fingerprint density at radius 2 is 1.81 bits per heavy atom. The van der Waals surface area contributed by atoms with Gasteiger partial charge in [-0.05, 0) is 48.6 Å². The minimum Gasteiger partial charge on any atom is -0.454 e. The summed E-state index contributed by atoms with van der Waals surface area (Å²) in [7, 11) is 0. The maximum Gasteiger partial charge on any atom is 0.253 e. The summed E-state index contributed by atoms with van der Waals surface area (Å²) >= 11 is 0. The van der Waals surface area contributed by atoms with E-state index in [9.17, 15) is 4.79 Å². The first-order valence-electron chi connectivity index (χ1n) is 9.04. The number of aromatic nitrogens is 1. The molecule has 5 nitrogen and oxygen atoms in total. The molecule has 0 bridgehead atoms. The van der Waals surface area contributed by atoms with Crippen LogP contribution < -0.4 is 9.47 Å². The van der Waals surface area contributed by atoms with Crippen LogP contribution in [0.4, 0.5) is 0 Å². The number of carbonyl (C=O) groups is 1. The largest absolute Gasteiger partial charge is 0.454 e. The van der Waals surface area contributed by atoms with E-state index in [1.807, 2.05) is 17.0 Å². The van der Waals surface area contributed by atoms with Gasteiger partial charge in [-0.15, -0.1) is 0 Å². The Balaban J connectivity index is 1.28. The van der Waals surface area contributed by atoms with Gasteiger partial charge in [0.2, 0.25) is 6.79 Å². The average Bonchev–Trinajstić information content (AvgIpc) is 3.33. The van der Waals surface area contributed by atoms with Gasteiger partial charge in [-0.3, -0.25) is 4.79 Å². The lowest BCUT2D eigenvalue weighted by Gasteiger charge is -2.31. The lowest BCUT2D eigenvalue weighted by Crippen LogP contribution is -2.37. The maximum absolute atomic E-state index is 12.8. The minimum atomic E-state index is 0.0680. The number of nitrogens with one attached hydrogen (secondary N) is 1. The third kappa shape index (κ3) is 2.60. The number of aromatic amines is 1. The second kappa shape index (κ2) is 6.09. The molecule has 26 heavy (non-hydrogen) atoms. The van der Waals surface area contributed by atoms with E-state index in [0.29, 0.717) is 23.0 Å². The molecule has 1 aromatic heterocycles. The number of likely N-dealkylation sites (tertiary alicyclic amines) is 1. The highest BCUT2D eigenvalue weighted by Crippen LogP contribution is 2.34. The number of hydrogen-bond acceptors (Lipinski definition) is 3. The van der Waals surface area contributed by atoms with Crippen LogP contribution in [0.1, 0.15) is 34.8 Å². The lowest BCUT2D eigenvalue weighted by atomic mass is 9.93. The van der Waals surface area contributed by atoms with Crippen molar-refractivity contribution < 1.29 is 14.3 Å². The van der Waals surface area contributed by atoms with Crippen molar-refractivity contribution in [1.82, 2.24) is 9.88 Å². The summed E-state index contributed by atoms with van der Waals surface area (Å²) in [5.41, 5.74) is 3.13. The summed E-state index contributed by atoms with van der Waals surface area (Å²) in [6.07, 6.45) is 1.95. The molecule has 2 aromatic carbocycles. The highest BCUT2D eigenvalue weighted by Gasteiger charge is 2.26. The highest BCUT2D eigenvalue weighted by molar-refractivity contribution is 5.95. The zero-order valence-corrected chi connectivity index (χ0v) is 14.4. The molecule has 2 aliphatic heterocycles. The second-order valence-corrected chi connectivity index (χ2v) is 6.95. The predicted octanol–water partition coefficient (Wildman–Crippen LogP) is 3.92. The number of ether oxygens (including phenoxy) is 2. The van der Waals surface area contributed by atoms with Crippen LogP contribution in [0, 0.1) is 0 Å². The molecule has 5 heteroatoms. The Hall–Kier alpha value is -2.95. The number of hydrogen-bond donors (Lipinski definition) is 1. The van der Waals surface area contributed by atoms with Crippen LogP contribution in [0.3, 0.4) is 0 Å². The first-order valence-corrected chi connectivity index (χ1v) is 9.04. The summed E-state index contributed by atoms with van der Waals surface area (Å²) in [5, 5.41) is 1.25. The molecule has 0 spiro atoms. The standard InChI is InChI=1S/C21H20N2O3/c24-21(16-5-6-19-20(12-16)26-13-25-19)23-9-7-14(8-10-23)18-11-15-3-1-2-4-17(15)22-18/h1-6,11-12,14,22H,7-10,13H2. The fraction of sp³-hybridized carbons (Fsp3) is 0.286. The summed E-state index contributed by atoms with van der Waals surface area (Å²) in [6.45, 7) is 1.77. The van der Waals surface area contributed by atoms with Gasteiger partial charge in [0.05, 0.1) is 0 Å². The first kappa shape index (κ1) is 15.3. The van der Waals surface area contributed by atoms with Crippen molar-refractivity contribution >= 4 is 16.8 Å². The molecule has 0 radical (unpaired) electrons. The Kier molecular flexibility index (Phi) is 3.59. The van der Waals surface area contributed by atoms with Crippen LogP contribution in [0.2, 0.25) is 0 Å². The smallest absolute Gasteiger partial charge is 0.253 e. The molecule has 5 rings (SSSR count). The summed E-state index contributed by atoms with van der Waals surface area (Å²) in [5.74, 6) is 1.91. The van der Waals surface area contributed by atoms with Crippen molar-refractivity contribution in [2.24, 2.45) is 0 Å². The molecule has 3 aromatic rings. The molecule has 3 heterocycles. The Labute approximate surface area is 151 Å². The number of nitrogens with zero attached hydrogens (tertiary/aromatic N) is 1. The van der Waals surface area contributed by atoms with E-state index in [0.717, 1.165) is 25.9 Å². The normalized spacial score (nSPS) is 17.0. The summed E-state index contributed by atoms with van der Waals surface area (Å²) in [6, 6.07) is 16.0. The summed E-state index contributed by atoms with van der Waals surface area (Å²) < 4.78 is 10.7. The van der Waals surface area contributed by atoms with Gasteiger partial charge in [-0.2, -0.15) is 0 Å². The van der Waals surface area contributed by atoms with Crippen LogP contribution in [-0.2, 0) is 0 Å². The predicted molar refractivity (Wildman–Crippen MR) is 98.7 cm³/mol. The van der Waals surface area contributed by atoms with Gasteiger partial charge >= 0.3 is 0 Å². The van der Waals surface area contributed by atoms with Crippen LogP contribution in [0.15, 0.2) is 48.5 Å². The molecule has 0 saturated carbocycles. The van der Waals surface area contributed by atoms with Crippen molar-refractivity contribution in [1.29, 1.82) is 0 Å². The van der Waals surface area contributed by atoms with Crippen LogP contribution >= 0.6 is 0 Å². The number of H-pyrrole nitrogens is 1. The number of carbonyl (C=O) groups excluding carboxylic acids is 1. The topological polar surface area (TPSA) is 54.6 Å². The number of amides is 1. The molecule has 132 valence electrons. The van der Waals surface area contributed by atoms with Gasteiger partial charge in [-0.25, -0.2) is 0 Å². The quantitative estimate of drug-likeness (QED) is 0.764. The van der Waals surface area contributed by atoms with E-state index >= 15 is 0 Å². The van der Waals surface area contributed by atoms with Crippen LogP contribution in [0.5, 0.6) is 11.5 Å². The molecule has 1 saturated heterocycles. The molecule has 0 aliphatic carbocycles. The van der Waals surface area contributed by atoms with E-state index in [1.54, 1.807) is 6.07 Å². The zero-order valence-electron chi connectivity index (χ0n) is 14.4. The van der Waals surface area contributed by atoms with Gasteiger partial charge in [0, 0.05) is 35.8 Å². The first-order chi connectivity index (χ1) is 12.8. The molecule has 1 amide bonds. The van der Waals surface area contributed by atoms with Crippen LogP contribution in [0.25, 0.3) is 10.9 Å². The number of para-hydroxylation sites is 1. The van der Waals surface area contributed by atoms with E-state index < -0.39 is 0 Å². The SMILES string of the molecule is O=C(c1ccc2c(c1)OCO2)N1CCC(c2cc3ccccc3[nH]2)CC1. The van der Waals surface area contributed by atoms with Gasteiger partial charge in [0.15, 0.2) is 11.5 Å². The van der Waals surface area contributed by atoms with E-state index in [-0.39, 0.29) is 12.7 Å². The van der Waals surface area contributed by atoms with Gasteiger partial charge in [0.1, 0.15) is 0 Å². The van der Waals surface area contributed by atoms with E-state index in [2.05, 4.69) is 35.3 Å². The van der Waals surface area contributed by atoms with Crippen molar-refractivity contribution in [3.05, 3.63) is 59.8 Å². The molecule has 0 atom stereocenters. The monoisotopic (exact) mass is 348 g/mol. The third-order valence-corrected chi connectivity index (χ3v) is 5.39. The highest BCUT2D eigenvalue weighted by atomic mass is 16.7. The minimum absolute atomic E-state index is 0.0680. The maximum atomic E-state index is 12.8. The average molecular weight is 348 g/mol. The van der Waals surface area contributed by atoms with Gasteiger partial charge in [0.25, 0.3) is 5.91 Å². The van der Waals surface area contributed by atoms with Gasteiger partial charge in [-0.1, -0.05) is 18.2 Å². The molecular formula is C21H20N2O3. The van der Waals surface area contributed by atoms with Crippen LogP contribution in [-0.4, -0.2) is 35.7 Å². The van der Waals surface area contributed by atoms with Crippen molar-refractivity contribution in [2.75, 3.05) is 19.9 Å². The molecule has 1 N–H and O–H groups in total. The van der Waals surface area contributed by atoms with Gasteiger partial charge < -0.3 is 19.4 Å².